The number of aromatic nitrogens is 11. The van der Waals surface area contributed by atoms with Gasteiger partial charge in [0.2, 0.25) is 5.95 Å². The lowest BCUT2D eigenvalue weighted by Crippen LogP contribution is -2.38. The molecule has 0 radical (unpaired) electrons. The van der Waals surface area contributed by atoms with Gasteiger partial charge in [-0.3, -0.25) is 13.2 Å². The Balaban J connectivity index is 0.000000133. The maximum atomic E-state index is 14.8. The summed E-state index contributed by atoms with van der Waals surface area (Å²) >= 11 is 6.78. The number of rotatable bonds is 10. The number of nitrogens with zero attached hydrogens (tertiary/aromatic N) is 15. The molecule has 0 N–H and O–H groups in total. The lowest BCUT2D eigenvalue weighted by atomic mass is 10.00. The molecule has 0 atom stereocenters. The number of fused-ring (bicyclic) bond motifs is 6. The molecule has 0 fully saturated rings. The van der Waals surface area contributed by atoms with Gasteiger partial charge in [0.25, 0.3) is 17.5 Å². The third-order valence-electron chi connectivity index (χ3n) is 14.2. The highest BCUT2D eigenvalue weighted by atomic mass is 79.9. The minimum Gasteiger partial charge on any atom is -0.493 e. The summed E-state index contributed by atoms with van der Waals surface area (Å²) in [6, 6.07) is 9.21. The third-order valence-corrected chi connectivity index (χ3v) is 15.3. The zero-order valence-electron chi connectivity index (χ0n) is 45.5. The van der Waals surface area contributed by atoms with Crippen LogP contribution >= 0.6 is 31.9 Å². The van der Waals surface area contributed by atoms with Gasteiger partial charge in [-0.2, -0.15) is 0 Å². The van der Waals surface area contributed by atoms with Crippen molar-refractivity contribution in [1.82, 2.24) is 52.7 Å². The number of benzene rings is 3. The Hall–Kier alpha value is -9.38. The summed E-state index contributed by atoms with van der Waals surface area (Å²) in [6.45, 7) is 30.7. The number of imidazole rings is 4. The molecule has 10 heterocycles. The van der Waals surface area contributed by atoms with Crippen molar-refractivity contribution >= 4 is 77.9 Å². The number of ether oxygens (including phenoxy) is 4. The van der Waals surface area contributed by atoms with Crippen LogP contribution in [0.25, 0.3) is 36.8 Å². The first kappa shape index (κ1) is 56.5. The summed E-state index contributed by atoms with van der Waals surface area (Å²) in [5, 5.41) is 0. The second kappa shape index (κ2) is 23.5. The fraction of sp³-hybridized carbons (Fsp3) is 0.271. The molecule has 7 aromatic heterocycles. The van der Waals surface area contributed by atoms with E-state index in [1.807, 2.05) is 22.1 Å². The minimum atomic E-state index is -0.777. The smallest absolute Gasteiger partial charge is 0.417 e. The second-order valence-corrected chi connectivity index (χ2v) is 22.2. The Morgan fingerprint density at radius 3 is 1.56 bits per heavy atom. The van der Waals surface area contributed by atoms with E-state index in [1.165, 1.54) is 40.0 Å². The lowest BCUT2D eigenvalue weighted by Gasteiger charge is -2.27. The van der Waals surface area contributed by atoms with Crippen LogP contribution in [-0.4, -0.2) is 84.2 Å². The number of amides is 1. The Bertz CT molecular complexity index is 4380. The van der Waals surface area contributed by atoms with Gasteiger partial charge in [0.05, 0.1) is 70.2 Å². The summed E-state index contributed by atoms with van der Waals surface area (Å²) in [7, 11) is 0. The molecule has 0 saturated carbocycles. The predicted molar refractivity (Wildman–Crippen MR) is 309 cm³/mol. The van der Waals surface area contributed by atoms with Crippen LogP contribution in [-0.2, 0) is 56.2 Å². The molecule has 0 unspecified atom stereocenters. The molecule has 3 aliphatic heterocycles. The van der Waals surface area contributed by atoms with Gasteiger partial charge in [0.15, 0.2) is 19.0 Å². The highest BCUT2D eigenvalue weighted by Gasteiger charge is 2.31. The molecule has 3 aliphatic rings. The van der Waals surface area contributed by atoms with Crippen LogP contribution in [0.15, 0.2) is 95.4 Å². The molecule has 25 heteroatoms. The predicted octanol–water partition coefficient (Wildman–Crippen LogP) is 12.6. The summed E-state index contributed by atoms with van der Waals surface area (Å²) < 4.78 is 74.0. The van der Waals surface area contributed by atoms with E-state index in [1.54, 1.807) is 74.7 Å². The van der Waals surface area contributed by atoms with E-state index in [0.29, 0.717) is 107 Å². The number of aryl methyl sites for hydroxylation is 3. The van der Waals surface area contributed by atoms with Crippen LogP contribution in [0.5, 0.6) is 17.2 Å². The van der Waals surface area contributed by atoms with Crippen molar-refractivity contribution in [2.24, 2.45) is 0 Å². The molecule has 10 aromatic rings. The van der Waals surface area contributed by atoms with E-state index in [9.17, 15) is 18.0 Å². The molecule has 84 heavy (non-hydrogen) atoms. The van der Waals surface area contributed by atoms with Gasteiger partial charge in [0, 0.05) is 72.9 Å². The Kier molecular flexibility index (Phi) is 15.8. The van der Waals surface area contributed by atoms with Crippen molar-refractivity contribution in [3.05, 3.63) is 198 Å². The molecule has 20 nitrogen and oxygen atoms in total. The number of hydrogen-bond donors (Lipinski definition) is 0. The van der Waals surface area contributed by atoms with E-state index in [2.05, 4.69) is 81.3 Å². The van der Waals surface area contributed by atoms with Gasteiger partial charge in [0.1, 0.15) is 57.5 Å². The molecule has 1 amide bonds. The summed E-state index contributed by atoms with van der Waals surface area (Å²) in [5.41, 5.74) is 6.96. The molecular formula is C59H48Br2F3N15O5. The Morgan fingerprint density at radius 2 is 1.06 bits per heavy atom. The molecule has 0 saturated heterocycles. The monoisotopic (exact) mass is 1260 g/mol. The first-order chi connectivity index (χ1) is 40.5. The van der Waals surface area contributed by atoms with Gasteiger partial charge in [-0.05, 0) is 120 Å². The van der Waals surface area contributed by atoms with Gasteiger partial charge in [-0.1, -0.05) is 19.7 Å². The number of halogens is 5. The van der Waals surface area contributed by atoms with Crippen LogP contribution in [0.3, 0.4) is 0 Å². The summed E-state index contributed by atoms with van der Waals surface area (Å²) in [6.07, 6.45) is 16.4. The van der Waals surface area contributed by atoms with Crippen molar-refractivity contribution in [1.29, 1.82) is 0 Å². The number of hydrogen-bond acceptors (Lipinski definition) is 12. The zero-order valence-corrected chi connectivity index (χ0v) is 48.7. The number of carbonyl (C=O) groups excluding carboxylic acids is 1. The molecular weight excluding hydrogens is 1220 g/mol. The van der Waals surface area contributed by atoms with Crippen LogP contribution in [0.1, 0.15) is 71.5 Å². The van der Waals surface area contributed by atoms with E-state index in [4.69, 9.17) is 38.7 Å². The number of carbonyl (C=O) groups is 1. The van der Waals surface area contributed by atoms with Crippen molar-refractivity contribution in [2.45, 2.75) is 84.8 Å². The molecule has 0 aliphatic carbocycles. The van der Waals surface area contributed by atoms with Crippen LogP contribution < -0.4 is 19.1 Å². The van der Waals surface area contributed by atoms with Gasteiger partial charge < -0.3 is 38.0 Å². The van der Waals surface area contributed by atoms with Crippen LogP contribution in [0, 0.1) is 44.1 Å². The fourth-order valence-corrected chi connectivity index (χ4v) is 11.3. The SMILES string of the molecule is [C-]#[N+]c1ncn2c(CCc3c(F)ccc4c3CCO4)ncc(-n3cnc(C)c3)c12.[C-]#[N+]c1ncn2c(CCc3c(F)ccc4c3CCO4)ncc(Br)c12.[C-]#[N+]c1ncn2c(N(Cc3c(F)ccc4c3CCO4)C(=O)OC(C)(C)C)ncc(Br)c12. The standard InChI is InChI=1S/C21H19BrFN5O3.C21H17FN6O.C17H12BrFN4O/c1-21(2,3)31-20(29)27(10-13-12-7-8-30-16(12)6-5-15(13)23)19-25-9-14(22)17-18(24-4)26-11-28(17)19;1-13-10-27(11-25-13)17-9-24-19(28-12-26-21(23-2)20(17)28)6-3-14-15-7-8-29-18(15)5-4-16(14)22;1-20-17-16-12(18)8-21-15(23(16)9-22-17)5-2-10-11-6-7-24-14(11)4-3-13(10)19/h5-6,9,11H,7-8,10H2,1-3H3;4-5,9-12H,3,6-8H2,1H3;3-4,8-9H,2,5-7H2. The van der Waals surface area contributed by atoms with Crippen molar-refractivity contribution in [3.63, 3.8) is 0 Å². The molecule has 0 spiro atoms. The fourth-order valence-electron chi connectivity index (χ4n) is 10.4. The minimum absolute atomic E-state index is 0.122. The molecule has 3 aromatic carbocycles. The lowest BCUT2D eigenvalue weighted by molar-refractivity contribution is 0.0574. The van der Waals surface area contributed by atoms with Crippen molar-refractivity contribution in [3.8, 4) is 22.9 Å². The molecule has 13 rings (SSSR count). The highest BCUT2D eigenvalue weighted by Crippen LogP contribution is 2.37. The van der Waals surface area contributed by atoms with Gasteiger partial charge in [-0.15, -0.1) is 15.0 Å². The normalized spacial score (nSPS) is 12.8. The molecule has 0 bridgehead atoms. The first-order valence-corrected chi connectivity index (χ1v) is 27.9. The quantitative estimate of drug-likeness (QED) is 0.119. The average Bonchev–Trinajstić information content (AvgIpc) is 3.41. The second-order valence-electron chi connectivity index (χ2n) is 20.5. The topological polar surface area (TPSA) is 179 Å². The van der Waals surface area contributed by atoms with Gasteiger partial charge in [-0.25, -0.2) is 42.8 Å². The highest BCUT2D eigenvalue weighted by molar-refractivity contribution is 9.11. The van der Waals surface area contributed by atoms with Crippen LogP contribution in [0.2, 0.25) is 0 Å². The van der Waals surface area contributed by atoms with E-state index in [0.717, 1.165) is 68.5 Å². The molecule has 424 valence electrons. The maximum absolute atomic E-state index is 14.8. The Morgan fingerprint density at radius 1 is 0.607 bits per heavy atom. The van der Waals surface area contributed by atoms with E-state index < -0.39 is 17.5 Å². The first-order valence-electron chi connectivity index (χ1n) is 26.3. The van der Waals surface area contributed by atoms with Crippen molar-refractivity contribution < 1.29 is 36.9 Å². The van der Waals surface area contributed by atoms with E-state index in [-0.39, 0.29) is 29.9 Å². The Labute approximate surface area is 495 Å². The summed E-state index contributed by atoms with van der Waals surface area (Å²) in [5.74, 6) is 3.67. The largest absolute Gasteiger partial charge is 0.493 e. The number of anilines is 1. The average molecular weight is 1260 g/mol. The third kappa shape index (κ3) is 11.0. The van der Waals surface area contributed by atoms with E-state index >= 15 is 0 Å². The van der Waals surface area contributed by atoms with Crippen molar-refractivity contribution in [2.75, 3.05) is 24.7 Å². The van der Waals surface area contributed by atoms with Gasteiger partial charge >= 0.3 is 6.09 Å². The maximum Gasteiger partial charge on any atom is 0.417 e. The van der Waals surface area contributed by atoms with Crippen LogP contribution in [0.4, 0.5) is 41.4 Å². The summed E-state index contributed by atoms with van der Waals surface area (Å²) in [4.78, 5) is 54.9. The zero-order chi connectivity index (χ0) is 59.0.